The zero-order chi connectivity index (χ0) is 16.1. The molecule has 2 aromatic carbocycles. The average Bonchev–Trinajstić information content (AvgIpc) is 3.08. The number of ether oxygens (including phenoxy) is 2. The zero-order valence-corrected chi connectivity index (χ0v) is 13.2. The molecular formula is C19H21NO3. The van der Waals surface area contributed by atoms with Gasteiger partial charge < -0.3 is 14.8 Å². The van der Waals surface area contributed by atoms with E-state index in [4.69, 9.17) is 9.47 Å². The first-order chi connectivity index (χ1) is 11.2. The number of hydrogen-bond acceptors (Lipinski definition) is 3. The van der Waals surface area contributed by atoms with Crippen molar-refractivity contribution in [3.63, 3.8) is 0 Å². The van der Waals surface area contributed by atoms with E-state index in [1.165, 1.54) is 5.56 Å². The molecule has 0 saturated carbocycles. The molecule has 0 radical (unpaired) electrons. The third-order valence-corrected chi connectivity index (χ3v) is 3.91. The first kappa shape index (κ1) is 15.6. The Morgan fingerprint density at radius 2 is 1.91 bits per heavy atom. The Balaban J connectivity index is 1.53. The molecule has 4 nitrogen and oxygen atoms in total. The first-order valence-corrected chi connectivity index (χ1v) is 7.88. The van der Waals surface area contributed by atoms with Crippen molar-refractivity contribution in [2.45, 2.75) is 26.0 Å². The summed E-state index contributed by atoms with van der Waals surface area (Å²) < 4.78 is 11.0. The van der Waals surface area contributed by atoms with Crippen LogP contribution in [0.3, 0.4) is 0 Å². The molecule has 1 atom stereocenters. The summed E-state index contributed by atoms with van der Waals surface area (Å²) in [7, 11) is 0. The van der Waals surface area contributed by atoms with Crippen molar-refractivity contribution in [2.75, 3.05) is 13.2 Å². The van der Waals surface area contributed by atoms with Gasteiger partial charge in [-0.1, -0.05) is 29.8 Å². The summed E-state index contributed by atoms with van der Waals surface area (Å²) >= 11 is 0. The van der Waals surface area contributed by atoms with Gasteiger partial charge in [0.2, 0.25) is 0 Å². The molecular weight excluding hydrogens is 290 g/mol. The zero-order valence-electron chi connectivity index (χ0n) is 13.2. The Kier molecular flexibility index (Phi) is 4.93. The predicted molar refractivity (Wildman–Crippen MR) is 88.6 cm³/mol. The van der Waals surface area contributed by atoms with Gasteiger partial charge in [0.05, 0.1) is 12.6 Å². The maximum Gasteiger partial charge on any atom is 0.251 e. The Hall–Kier alpha value is -2.33. The first-order valence-electron chi connectivity index (χ1n) is 7.88. The van der Waals surface area contributed by atoms with E-state index in [0.29, 0.717) is 18.8 Å². The highest BCUT2D eigenvalue weighted by Gasteiger charge is 2.18. The number of carbonyl (C=O) groups excluding carboxylic acids is 1. The Bertz CT molecular complexity index is 643. The molecule has 1 aliphatic rings. The van der Waals surface area contributed by atoms with Gasteiger partial charge in [-0.05, 0) is 43.2 Å². The van der Waals surface area contributed by atoms with E-state index >= 15 is 0 Å². The highest BCUT2D eigenvalue weighted by Crippen LogP contribution is 2.14. The third-order valence-electron chi connectivity index (χ3n) is 3.91. The Labute approximate surface area is 136 Å². The number of carbonyl (C=O) groups is 1. The van der Waals surface area contributed by atoms with Crippen molar-refractivity contribution in [2.24, 2.45) is 0 Å². The number of benzene rings is 2. The monoisotopic (exact) mass is 311 g/mol. The van der Waals surface area contributed by atoms with E-state index in [-0.39, 0.29) is 11.9 Å². The van der Waals surface area contributed by atoms with Gasteiger partial charge in [0.15, 0.2) is 0 Å². The Morgan fingerprint density at radius 3 is 2.57 bits per heavy atom. The molecule has 2 aromatic rings. The van der Waals surface area contributed by atoms with Crippen molar-refractivity contribution in [1.29, 1.82) is 0 Å². The van der Waals surface area contributed by atoms with E-state index in [9.17, 15) is 4.79 Å². The van der Waals surface area contributed by atoms with Crippen LogP contribution < -0.4 is 10.1 Å². The minimum Gasteiger partial charge on any atom is -0.489 e. The Morgan fingerprint density at radius 1 is 1.17 bits per heavy atom. The van der Waals surface area contributed by atoms with E-state index in [0.717, 1.165) is 24.3 Å². The van der Waals surface area contributed by atoms with Crippen LogP contribution in [-0.4, -0.2) is 25.2 Å². The minimum atomic E-state index is -0.0495. The van der Waals surface area contributed by atoms with E-state index in [1.54, 1.807) is 0 Å². The molecule has 0 aromatic heterocycles. The average molecular weight is 311 g/mol. The molecule has 4 heteroatoms. The summed E-state index contributed by atoms with van der Waals surface area (Å²) in [5.41, 5.74) is 2.91. The van der Waals surface area contributed by atoms with Gasteiger partial charge in [-0.2, -0.15) is 0 Å². The number of hydrogen-bond donors (Lipinski definition) is 1. The summed E-state index contributed by atoms with van der Waals surface area (Å²) in [5.74, 6) is 0.796. The van der Waals surface area contributed by atoms with E-state index in [1.807, 2.05) is 55.5 Å². The van der Waals surface area contributed by atoms with Crippen molar-refractivity contribution >= 4 is 5.91 Å². The molecule has 0 spiro atoms. The van der Waals surface area contributed by atoms with E-state index in [2.05, 4.69) is 5.32 Å². The fraction of sp³-hybridized carbons (Fsp3) is 0.316. The van der Waals surface area contributed by atoms with Crippen molar-refractivity contribution in [1.82, 2.24) is 5.32 Å². The second-order valence-electron chi connectivity index (χ2n) is 5.83. The normalized spacial score (nSPS) is 17.0. The maximum absolute atomic E-state index is 12.1. The van der Waals surface area contributed by atoms with Gasteiger partial charge in [-0.3, -0.25) is 4.79 Å². The minimum absolute atomic E-state index is 0.0495. The van der Waals surface area contributed by atoms with Crippen LogP contribution in [0.4, 0.5) is 0 Å². The topological polar surface area (TPSA) is 47.6 Å². The fourth-order valence-corrected chi connectivity index (χ4v) is 2.47. The fourth-order valence-electron chi connectivity index (χ4n) is 2.47. The largest absolute Gasteiger partial charge is 0.489 e. The number of amides is 1. The van der Waals surface area contributed by atoms with Crippen LogP contribution >= 0.6 is 0 Å². The molecule has 1 aliphatic heterocycles. The summed E-state index contributed by atoms with van der Waals surface area (Å²) in [6, 6.07) is 15.6. The molecule has 1 N–H and O–H groups in total. The summed E-state index contributed by atoms with van der Waals surface area (Å²) in [6.07, 6.45) is 0.883. The van der Waals surface area contributed by atoms with Gasteiger partial charge in [0.25, 0.3) is 5.91 Å². The molecule has 120 valence electrons. The molecule has 0 bridgehead atoms. The molecule has 1 heterocycles. The van der Waals surface area contributed by atoms with Crippen LogP contribution in [0.25, 0.3) is 0 Å². The second kappa shape index (κ2) is 7.29. The number of rotatable bonds is 5. The molecule has 0 aliphatic carbocycles. The highest BCUT2D eigenvalue weighted by molar-refractivity contribution is 5.94. The van der Waals surface area contributed by atoms with Crippen LogP contribution in [0.2, 0.25) is 0 Å². The van der Waals surface area contributed by atoms with Crippen molar-refractivity contribution < 1.29 is 14.3 Å². The molecule has 1 unspecified atom stereocenters. The van der Waals surface area contributed by atoms with Crippen molar-refractivity contribution in [3.8, 4) is 5.75 Å². The lowest BCUT2D eigenvalue weighted by Crippen LogP contribution is -2.34. The van der Waals surface area contributed by atoms with Crippen LogP contribution in [0, 0.1) is 6.92 Å². The van der Waals surface area contributed by atoms with Gasteiger partial charge in [0.1, 0.15) is 12.4 Å². The lowest BCUT2D eigenvalue weighted by atomic mass is 10.1. The molecule has 23 heavy (non-hydrogen) atoms. The van der Waals surface area contributed by atoms with Crippen LogP contribution in [0.5, 0.6) is 5.75 Å². The molecule has 1 amide bonds. The van der Waals surface area contributed by atoms with E-state index < -0.39 is 0 Å². The van der Waals surface area contributed by atoms with Crippen LogP contribution in [-0.2, 0) is 11.3 Å². The van der Waals surface area contributed by atoms with Crippen LogP contribution in [0.1, 0.15) is 27.9 Å². The molecule has 3 rings (SSSR count). The lowest BCUT2D eigenvalue weighted by molar-refractivity contribution is 0.0930. The smallest absolute Gasteiger partial charge is 0.251 e. The summed E-state index contributed by atoms with van der Waals surface area (Å²) in [6.45, 7) is 3.86. The lowest BCUT2D eigenvalue weighted by Gasteiger charge is -2.11. The van der Waals surface area contributed by atoms with Crippen molar-refractivity contribution in [3.05, 3.63) is 65.2 Å². The highest BCUT2D eigenvalue weighted by atomic mass is 16.5. The molecule has 1 saturated heterocycles. The molecule has 1 fully saturated rings. The number of nitrogens with one attached hydrogen (secondary N) is 1. The standard InChI is InChI=1S/C19H21NO3/c1-14-2-8-18(9-3-14)23-12-15-4-6-16(7-5-15)19(21)20-17-10-11-22-13-17/h2-9,17H,10-13H2,1H3,(H,20,21). The van der Waals surface area contributed by atoms with Crippen LogP contribution in [0.15, 0.2) is 48.5 Å². The quantitative estimate of drug-likeness (QED) is 0.923. The second-order valence-corrected chi connectivity index (χ2v) is 5.83. The van der Waals surface area contributed by atoms with Gasteiger partial charge in [-0.15, -0.1) is 0 Å². The predicted octanol–water partition coefficient (Wildman–Crippen LogP) is 3.09. The SMILES string of the molecule is Cc1ccc(OCc2ccc(C(=O)NC3CCOC3)cc2)cc1. The maximum atomic E-state index is 12.1. The number of aryl methyl sites for hydroxylation is 1. The van der Waals surface area contributed by atoms with Gasteiger partial charge in [-0.25, -0.2) is 0 Å². The third kappa shape index (κ3) is 4.33. The summed E-state index contributed by atoms with van der Waals surface area (Å²) in [5, 5.41) is 2.98. The van der Waals surface area contributed by atoms with Gasteiger partial charge in [0, 0.05) is 12.2 Å². The van der Waals surface area contributed by atoms with Gasteiger partial charge >= 0.3 is 0 Å². The summed E-state index contributed by atoms with van der Waals surface area (Å²) in [4.78, 5) is 12.1.